The quantitative estimate of drug-likeness (QED) is 0.780. The van der Waals surface area contributed by atoms with Crippen molar-refractivity contribution in [3.8, 4) is 0 Å². The van der Waals surface area contributed by atoms with Gasteiger partial charge < -0.3 is 0 Å². The van der Waals surface area contributed by atoms with E-state index in [0.717, 1.165) is 0 Å². The SMILES string of the molecule is Cc1ccc([NH+](C)c2ccc(C)cc2)cc1. The summed E-state index contributed by atoms with van der Waals surface area (Å²) in [5.74, 6) is 0. The molecule has 0 fully saturated rings. The molecular formula is C15H18N+. The molecule has 0 aliphatic rings. The normalized spacial score (nSPS) is 10.8. The molecule has 0 aromatic heterocycles. The van der Waals surface area contributed by atoms with Gasteiger partial charge >= 0.3 is 0 Å². The van der Waals surface area contributed by atoms with Crippen LogP contribution < -0.4 is 4.90 Å². The van der Waals surface area contributed by atoms with Gasteiger partial charge in [-0.05, 0) is 38.1 Å². The fraction of sp³-hybridized carbons (Fsp3) is 0.200. The molecule has 0 heterocycles. The molecule has 1 N–H and O–H groups in total. The highest BCUT2D eigenvalue weighted by Crippen LogP contribution is 2.09. The van der Waals surface area contributed by atoms with Crippen LogP contribution >= 0.6 is 0 Å². The Morgan fingerprint density at radius 2 is 0.938 bits per heavy atom. The van der Waals surface area contributed by atoms with E-state index in [9.17, 15) is 0 Å². The van der Waals surface area contributed by atoms with Gasteiger partial charge in [0.1, 0.15) is 11.4 Å². The Morgan fingerprint density at radius 1 is 0.625 bits per heavy atom. The molecule has 1 heteroatoms. The minimum Gasteiger partial charge on any atom is -0.273 e. The maximum absolute atomic E-state index is 2.19. The summed E-state index contributed by atoms with van der Waals surface area (Å²) in [6, 6.07) is 17.4. The molecule has 0 saturated carbocycles. The Hall–Kier alpha value is -1.60. The van der Waals surface area contributed by atoms with Crippen LogP contribution in [-0.4, -0.2) is 7.05 Å². The third-order valence-electron chi connectivity index (χ3n) is 2.97. The first-order chi connectivity index (χ1) is 7.66. The standard InChI is InChI=1S/C15H17N/c1-12-4-8-14(9-5-12)16(3)15-10-6-13(2)7-11-15/h4-11H,1-3H3/p+1. The minimum atomic E-state index is 1.30. The molecule has 2 aromatic carbocycles. The van der Waals surface area contributed by atoms with E-state index in [4.69, 9.17) is 0 Å². The number of aryl methyl sites for hydroxylation is 2. The molecule has 0 saturated heterocycles. The lowest BCUT2D eigenvalue weighted by molar-refractivity contribution is -0.735. The first-order valence-corrected chi connectivity index (χ1v) is 5.64. The van der Waals surface area contributed by atoms with Crippen molar-refractivity contribution in [3.05, 3.63) is 59.7 Å². The summed E-state index contributed by atoms with van der Waals surface area (Å²) in [6.07, 6.45) is 0. The smallest absolute Gasteiger partial charge is 0.136 e. The second-order valence-electron chi connectivity index (χ2n) is 4.36. The molecule has 0 amide bonds. The summed E-state index contributed by atoms with van der Waals surface area (Å²) in [5, 5.41) is 0. The third kappa shape index (κ3) is 2.31. The van der Waals surface area contributed by atoms with Gasteiger partial charge in [0.25, 0.3) is 0 Å². The summed E-state index contributed by atoms with van der Waals surface area (Å²) in [4.78, 5) is 1.33. The Bertz CT molecular complexity index is 408. The zero-order valence-corrected chi connectivity index (χ0v) is 10.1. The molecule has 0 spiro atoms. The van der Waals surface area contributed by atoms with Crippen LogP contribution in [0.15, 0.2) is 48.5 Å². The molecule has 0 aliphatic heterocycles. The van der Waals surface area contributed by atoms with Crippen molar-refractivity contribution in [1.82, 2.24) is 0 Å². The summed E-state index contributed by atoms with van der Waals surface area (Å²) < 4.78 is 0. The lowest BCUT2D eigenvalue weighted by Gasteiger charge is -2.13. The number of nitrogens with one attached hydrogen (secondary N) is 1. The van der Waals surface area contributed by atoms with E-state index >= 15 is 0 Å². The number of benzene rings is 2. The van der Waals surface area contributed by atoms with Crippen molar-refractivity contribution < 1.29 is 4.90 Å². The van der Waals surface area contributed by atoms with Gasteiger partial charge in [-0.3, -0.25) is 4.90 Å². The van der Waals surface area contributed by atoms with E-state index in [-0.39, 0.29) is 0 Å². The maximum atomic E-state index is 2.19. The summed E-state index contributed by atoms with van der Waals surface area (Å²) in [5.41, 5.74) is 5.21. The molecule has 2 rings (SSSR count). The fourth-order valence-electron chi connectivity index (χ4n) is 1.77. The molecule has 2 aromatic rings. The molecule has 1 nitrogen and oxygen atoms in total. The first-order valence-electron chi connectivity index (χ1n) is 5.64. The summed E-state index contributed by atoms with van der Waals surface area (Å²) in [6.45, 7) is 4.23. The van der Waals surface area contributed by atoms with E-state index in [1.807, 2.05) is 0 Å². The Kier molecular flexibility index (Phi) is 3.07. The molecule has 0 unspecified atom stereocenters. The number of quaternary nitrogens is 1. The Morgan fingerprint density at radius 3 is 1.25 bits per heavy atom. The van der Waals surface area contributed by atoms with Gasteiger partial charge in [-0.2, -0.15) is 0 Å². The largest absolute Gasteiger partial charge is 0.273 e. The molecule has 0 atom stereocenters. The van der Waals surface area contributed by atoms with Crippen molar-refractivity contribution in [2.45, 2.75) is 13.8 Å². The van der Waals surface area contributed by atoms with Crippen molar-refractivity contribution in [2.75, 3.05) is 7.05 Å². The zero-order valence-electron chi connectivity index (χ0n) is 10.1. The predicted molar refractivity (Wildman–Crippen MR) is 68.6 cm³/mol. The lowest BCUT2D eigenvalue weighted by Crippen LogP contribution is -2.98. The molecule has 0 aliphatic carbocycles. The molecule has 82 valence electrons. The van der Waals surface area contributed by atoms with Crippen molar-refractivity contribution >= 4 is 11.4 Å². The molecule has 16 heavy (non-hydrogen) atoms. The number of rotatable bonds is 2. The predicted octanol–water partition coefficient (Wildman–Crippen LogP) is 2.78. The molecule has 0 bridgehead atoms. The van der Waals surface area contributed by atoms with Crippen LogP contribution in [0.5, 0.6) is 0 Å². The summed E-state index contributed by atoms with van der Waals surface area (Å²) in [7, 11) is 2.18. The van der Waals surface area contributed by atoms with E-state index in [1.54, 1.807) is 0 Å². The van der Waals surface area contributed by atoms with E-state index in [0.29, 0.717) is 0 Å². The highest BCUT2D eigenvalue weighted by molar-refractivity contribution is 5.39. The van der Waals surface area contributed by atoms with Crippen LogP contribution in [0.2, 0.25) is 0 Å². The second kappa shape index (κ2) is 4.50. The maximum Gasteiger partial charge on any atom is 0.136 e. The Balaban J connectivity index is 2.28. The highest BCUT2D eigenvalue weighted by Gasteiger charge is 2.08. The van der Waals surface area contributed by atoms with Gasteiger partial charge in [-0.15, -0.1) is 0 Å². The van der Waals surface area contributed by atoms with Gasteiger partial charge in [0.05, 0.1) is 7.05 Å². The monoisotopic (exact) mass is 212 g/mol. The van der Waals surface area contributed by atoms with Gasteiger partial charge in [-0.1, -0.05) is 35.4 Å². The van der Waals surface area contributed by atoms with Gasteiger partial charge in [0.15, 0.2) is 0 Å². The second-order valence-corrected chi connectivity index (χ2v) is 4.36. The van der Waals surface area contributed by atoms with Crippen LogP contribution in [-0.2, 0) is 0 Å². The summed E-state index contributed by atoms with van der Waals surface area (Å²) >= 11 is 0. The molecular weight excluding hydrogens is 194 g/mol. The average molecular weight is 212 g/mol. The van der Waals surface area contributed by atoms with E-state index in [2.05, 4.69) is 69.4 Å². The van der Waals surface area contributed by atoms with E-state index in [1.165, 1.54) is 27.4 Å². The van der Waals surface area contributed by atoms with Crippen LogP contribution in [0.1, 0.15) is 11.1 Å². The van der Waals surface area contributed by atoms with Crippen LogP contribution in [0.25, 0.3) is 0 Å². The van der Waals surface area contributed by atoms with Crippen molar-refractivity contribution in [1.29, 1.82) is 0 Å². The topological polar surface area (TPSA) is 4.44 Å². The van der Waals surface area contributed by atoms with E-state index < -0.39 is 0 Å². The fourth-order valence-corrected chi connectivity index (χ4v) is 1.77. The first kappa shape index (κ1) is 10.9. The number of hydrogen-bond donors (Lipinski definition) is 1. The molecule has 0 radical (unpaired) electrons. The van der Waals surface area contributed by atoms with Crippen LogP contribution in [0.3, 0.4) is 0 Å². The van der Waals surface area contributed by atoms with Gasteiger partial charge in [0, 0.05) is 0 Å². The number of hydrogen-bond acceptors (Lipinski definition) is 0. The third-order valence-corrected chi connectivity index (χ3v) is 2.97. The van der Waals surface area contributed by atoms with Crippen molar-refractivity contribution in [2.24, 2.45) is 0 Å². The van der Waals surface area contributed by atoms with Crippen molar-refractivity contribution in [3.63, 3.8) is 0 Å². The van der Waals surface area contributed by atoms with Gasteiger partial charge in [0.2, 0.25) is 0 Å². The van der Waals surface area contributed by atoms with Crippen LogP contribution in [0.4, 0.5) is 11.4 Å². The van der Waals surface area contributed by atoms with Gasteiger partial charge in [-0.25, -0.2) is 0 Å². The lowest BCUT2D eigenvalue weighted by atomic mass is 10.2. The highest BCUT2D eigenvalue weighted by atomic mass is 15.1. The minimum absolute atomic E-state index is 1.30. The van der Waals surface area contributed by atoms with Crippen LogP contribution in [0, 0.1) is 13.8 Å². The zero-order chi connectivity index (χ0) is 11.5. The Labute approximate surface area is 97.3 Å². The average Bonchev–Trinajstić information content (AvgIpc) is 2.30.